The Bertz CT molecular complexity index is 325. The van der Waals surface area contributed by atoms with Crippen LogP contribution in [0.15, 0.2) is 24.4 Å². The van der Waals surface area contributed by atoms with Crippen molar-refractivity contribution in [3.05, 3.63) is 35.6 Å². The topological polar surface area (TPSA) is 12.9 Å². The van der Waals surface area contributed by atoms with Crippen molar-refractivity contribution < 1.29 is 64.3 Å². The molecule has 1 heterocycles. The zero-order valence-electron chi connectivity index (χ0n) is 8.05. The first-order chi connectivity index (χ1) is 5.99. The van der Waals surface area contributed by atoms with Crippen molar-refractivity contribution in [2.24, 2.45) is 0 Å². The molecule has 0 aliphatic rings. The third kappa shape index (κ3) is 5.31. The fourth-order valence-corrected chi connectivity index (χ4v) is 0.863. The Labute approximate surface area is 123 Å². The van der Waals surface area contributed by atoms with E-state index in [-0.39, 0.29) is 57.4 Å². The predicted molar refractivity (Wildman–Crippen MR) is 47.1 cm³/mol. The maximum Gasteiger partial charge on any atom is 1.00 e. The van der Waals surface area contributed by atoms with Crippen LogP contribution in [-0.4, -0.2) is 12.0 Å². The third-order valence-electron chi connectivity index (χ3n) is 1.57. The van der Waals surface area contributed by atoms with Gasteiger partial charge in [-0.2, -0.15) is 0 Å². The molecule has 0 radical (unpaired) electrons. The van der Waals surface area contributed by atoms with E-state index in [9.17, 15) is 12.9 Å². The first-order valence-corrected chi connectivity index (χ1v) is 3.79. The van der Waals surface area contributed by atoms with Crippen LogP contribution in [0.4, 0.5) is 12.9 Å². The Kier molecular flexibility index (Phi) is 6.24. The van der Waals surface area contributed by atoms with Crippen LogP contribution in [0.25, 0.3) is 6.08 Å². The standard InChI is InChI=1S/C8H8BF3N.K/c1-7-3-5-13-6-8(7)2-4-9(10,11)12;/h2-6H,1H3;/q-1;+1/b4-2+;. The number of nitrogens with zero attached hydrogens (tertiary/aromatic N) is 1. The number of aryl methyl sites for hydroxylation is 1. The summed E-state index contributed by atoms with van der Waals surface area (Å²) in [7, 11) is 0. The Morgan fingerprint density at radius 2 is 2.00 bits per heavy atom. The Morgan fingerprint density at radius 3 is 2.50 bits per heavy atom. The van der Waals surface area contributed by atoms with E-state index >= 15 is 0 Å². The van der Waals surface area contributed by atoms with Crippen LogP contribution in [0.5, 0.6) is 0 Å². The number of pyridine rings is 1. The van der Waals surface area contributed by atoms with Crippen molar-refractivity contribution in [3.8, 4) is 0 Å². The largest absolute Gasteiger partial charge is 1.00 e. The van der Waals surface area contributed by atoms with Gasteiger partial charge >= 0.3 is 58.4 Å². The van der Waals surface area contributed by atoms with E-state index < -0.39 is 6.98 Å². The van der Waals surface area contributed by atoms with Crippen molar-refractivity contribution in [2.45, 2.75) is 6.92 Å². The van der Waals surface area contributed by atoms with E-state index in [0.717, 1.165) is 11.6 Å². The maximum atomic E-state index is 11.8. The van der Waals surface area contributed by atoms with E-state index in [0.29, 0.717) is 5.56 Å². The van der Waals surface area contributed by atoms with Gasteiger partial charge in [-0.25, -0.2) is 0 Å². The van der Waals surface area contributed by atoms with Gasteiger partial charge in [-0.1, -0.05) is 6.08 Å². The van der Waals surface area contributed by atoms with Gasteiger partial charge in [0.1, 0.15) is 0 Å². The number of halogens is 3. The second-order valence-corrected chi connectivity index (χ2v) is 2.72. The Balaban J connectivity index is 0.00000169. The molecule has 0 aliphatic heterocycles. The minimum atomic E-state index is -4.85. The average Bonchev–Trinajstić information content (AvgIpc) is 2.01. The monoisotopic (exact) mass is 225 g/mol. The molecule has 14 heavy (non-hydrogen) atoms. The summed E-state index contributed by atoms with van der Waals surface area (Å²) in [6, 6.07) is 1.67. The fraction of sp³-hybridized carbons (Fsp3) is 0.125. The minimum absolute atomic E-state index is 0. The molecule has 1 rings (SSSR count). The summed E-state index contributed by atoms with van der Waals surface area (Å²) in [5.74, 6) is 0.268. The maximum absolute atomic E-state index is 11.8. The molecule has 0 bridgehead atoms. The molecule has 0 fully saturated rings. The predicted octanol–water partition coefficient (Wildman–Crippen LogP) is -0.206. The van der Waals surface area contributed by atoms with Crippen LogP contribution in [-0.2, 0) is 0 Å². The van der Waals surface area contributed by atoms with Crippen LogP contribution >= 0.6 is 0 Å². The zero-order chi connectivity index (χ0) is 9.90. The van der Waals surface area contributed by atoms with Crippen LogP contribution in [0.1, 0.15) is 11.1 Å². The van der Waals surface area contributed by atoms with Crippen molar-refractivity contribution >= 4 is 13.1 Å². The van der Waals surface area contributed by atoms with Crippen molar-refractivity contribution in [1.82, 2.24) is 4.98 Å². The molecule has 0 saturated heterocycles. The molecule has 6 heteroatoms. The summed E-state index contributed by atoms with van der Waals surface area (Å²) in [5.41, 5.74) is 1.29. The van der Waals surface area contributed by atoms with E-state index in [4.69, 9.17) is 0 Å². The molecule has 0 amide bonds. The first-order valence-electron chi connectivity index (χ1n) is 3.79. The van der Waals surface area contributed by atoms with Gasteiger partial charge < -0.3 is 12.9 Å². The summed E-state index contributed by atoms with van der Waals surface area (Å²) in [6.07, 6.45) is 4.00. The van der Waals surface area contributed by atoms with Gasteiger partial charge in [0.2, 0.25) is 0 Å². The molecule has 1 aromatic heterocycles. The second kappa shape index (κ2) is 6.07. The van der Waals surface area contributed by atoms with E-state index in [1.54, 1.807) is 19.2 Å². The van der Waals surface area contributed by atoms with Gasteiger partial charge in [0.25, 0.3) is 0 Å². The molecule has 1 aromatic rings. The van der Waals surface area contributed by atoms with E-state index in [2.05, 4.69) is 4.98 Å². The molecule has 1 nitrogen and oxygen atoms in total. The van der Waals surface area contributed by atoms with Crippen LogP contribution in [0.3, 0.4) is 0 Å². The number of hydrogen-bond donors (Lipinski definition) is 0. The normalized spacial score (nSPS) is 11.4. The van der Waals surface area contributed by atoms with Gasteiger partial charge in [0, 0.05) is 12.4 Å². The zero-order valence-corrected chi connectivity index (χ0v) is 11.2. The van der Waals surface area contributed by atoms with Gasteiger partial charge in [-0.3, -0.25) is 4.98 Å². The summed E-state index contributed by atoms with van der Waals surface area (Å²) < 4.78 is 35.5. The first kappa shape index (κ1) is 14.4. The van der Waals surface area contributed by atoms with Gasteiger partial charge in [0.05, 0.1) is 0 Å². The molecular formula is C8H8BF3KN. The third-order valence-corrected chi connectivity index (χ3v) is 1.57. The summed E-state index contributed by atoms with van der Waals surface area (Å²) in [6.45, 7) is -3.11. The molecule has 0 unspecified atom stereocenters. The summed E-state index contributed by atoms with van der Waals surface area (Å²) >= 11 is 0. The minimum Gasteiger partial charge on any atom is -0.445 e. The SMILES string of the molecule is Cc1ccncc1/C=C/[B-](F)(F)F.[K+]. The van der Waals surface area contributed by atoms with Crippen LogP contribution in [0.2, 0.25) is 0 Å². The summed E-state index contributed by atoms with van der Waals surface area (Å²) in [4.78, 5) is 3.73. The fourth-order valence-electron chi connectivity index (χ4n) is 0.863. The van der Waals surface area contributed by atoms with Crippen molar-refractivity contribution in [3.63, 3.8) is 0 Å². The molecule has 0 N–H and O–H groups in total. The van der Waals surface area contributed by atoms with Gasteiger partial charge in [-0.05, 0) is 24.1 Å². The molecule has 0 aromatic carbocycles. The molecular weight excluding hydrogens is 217 g/mol. The number of rotatable bonds is 2. The number of aromatic nitrogens is 1. The summed E-state index contributed by atoms with van der Waals surface area (Å²) in [5, 5.41) is 0. The second-order valence-electron chi connectivity index (χ2n) is 2.72. The molecule has 70 valence electrons. The average molecular weight is 225 g/mol. The quantitative estimate of drug-likeness (QED) is 0.635. The van der Waals surface area contributed by atoms with Crippen LogP contribution < -0.4 is 51.4 Å². The molecule has 0 atom stereocenters. The van der Waals surface area contributed by atoms with E-state index in [1.165, 1.54) is 6.20 Å². The Morgan fingerprint density at radius 1 is 1.36 bits per heavy atom. The van der Waals surface area contributed by atoms with Crippen LogP contribution in [0, 0.1) is 6.92 Å². The molecule has 0 saturated carbocycles. The van der Waals surface area contributed by atoms with Crippen molar-refractivity contribution in [2.75, 3.05) is 0 Å². The molecule has 0 spiro atoms. The van der Waals surface area contributed by atoms with Crippen molar-refractivity contribution in [1.29, 1.82) is 0 Å². The number of hydrogen-bond acceptors (Lipinski definition) is 1. The molecule has 0 aliphatic carbocycles. The van der Waals surface area contributed by atoms with Gasteiger partial charge in [-0.15, -0.1) is 5.98 Å². The van der Waals surface area contributed by atoms with E-state index in [1.807, 2.05) is 0 Å². The smallest absolute Gasteiger partial charge is 0.445 e. The Hall–Kier alpha value is 0.381. The van der Waals surface area contributed by atoms with Gasteiger partial charge in [0.15, 0.2) is 0 Å².